The van der Waals surface area contributed by atoms with E-state index in [4.69, 9.17) is 0 Å². The quantitative estimate of drug-likeness (QED) is 0.648. The van der Waals surface area contributed by atoms with Crippen molar-refractivity contribution in [3.05, 3.63) is 0 Å². The SMILES string of the molecule is CC1CC2CC(C1)CC(NC=O)C2. The molecule has 0 aromatic carbocycles. The Bertz CT molecular complexity index is 175. The fourth-order valence-electron chi connectivity index (χ4n) is 3.42. The Morgan fingerprint density at radius 2 is 1.69 bits per heavy atom. The Hall–Kier alpha value is -0.530. The standard InChI is InChI=1S/C11H19NO/c1-8-2-9-4-10(3-8)6-11(5-9)12-7-13/h7-11H,2-6H2,1H3,(H,12,13). The zero-order chi connectivity index (χ0) is 9.26. The fourth-order valence-corrected chi connectivity index (χ4v) is 3.42. The highest BCUT2D eigenvalue weighted by atomic mass is 16.1. The van der Waals surface area contributed by atoms with Crippen LogP contribution in [-0.4, -0.2) is 12.5 Å². The first kappa shape index (κ1) is 9.04. The van der Waals surface area contributed by atoms with Crippen molar-refractivity contribution in [1.29, 1.82) is 0 Å². The summed E-state index contributed by atoms with van der Waals surface area (Å²) >= 11 is 0. The molecule has 0 heterocycles. The number of fused-ring (bicyclic) bond motifs is 2. The molecular weight excluding hydrogens is 162 g/mol. The van der Waals surface area contributed by atoms with E-state index in [2.05, 4.69) is 12.2 Å². The molecule has 13 heavy (non-hydrogen) atoms. The van der Waals surface area contributed by atoms with Crippen LogP contribution in [0.5, 0.6) is 0 Å². The lowest BCUT2D eigenvalue weighted by atomic mass is 9.67. The van der Waals surface area contributed by atoms with Gasteiger partial charge in [-0.2, -0.15) is 0 Å². The summed E-state index contributed by atoms with van der Waals surface area (Å²) in [5.41, 5.74) is 0. The highest BCUT2D eigenvalue weighted by molar-refractivity contribution is 5.46. The molecule has 2 saturated carbocycles. The summed E-state index contributed by atoms with van der Waals surface area (Å²) in [7, 11) is 0. The van der Waals surface area contributed by atoms with Crippen LogP contribution in [-0.2, 0) is 4.79 Å². The predicted octanol–water partition coefficient (Wildman–Crippen LogP) is 1.95. The van der Waals surface area contributed by atoms with Crippen molar-refractivity contribution in [2.75, 3.05) is 0 Å². The summed E-state index contributed by atoms with van der Waals surface area (Å²) in [6.07, 6.45) is 7.50. The van der Waals surface area contributed by atoms with Gasteiger partial charge in [-0.25, -0.2) is 0 Å². The second-order valence-corrected chi connectivity index (χ2v) is 5.00. The number of carbonyl (C=O) groups is 1. The molecule has 0 aromatic rings. The van der Waals surface area contributed by atoms with Crippen LogP contribution in [0.3, 0.4) is 0 Å². The Morgan fingerprint density at radius 1 is 1.08 bits per heavy atom. The van der Waals surface area contributed by atoms with Gasteiger partial charge in [0.15, 0.2) is 0 Å². The molecule has 2 nitrogen and oxygen atoms in total. The number of amides is 1. The maximum atomic E-state index is 10.3. The van der Waals surface area contributed by atoms with E-state index in [0.29, 0.717) is 6.04 Å². The van der Waals surface area contributed by atoms with Gasteiger partial charge < -0.3 is 5.32 Å². The summed E-state index contributed by atoms with van der Waals surface area (Å²) in [6.45, 7) is 2.37. The smallest absolute Gasteiger partial charge is 0.207 e. The second-order valence-electron chi connectivity index (χ2n) is 5.00. The molecule has 0 radical (unpaired) electrons. The molecule has 2 bridgehead atoms. The van der Waals surface area contributed by atoms with Crippen LogP contribution in [0.2, 0.25) is 0 Å². The molecule has 2 atom stereocenters. The van der Waals surface area contributed by atoms with Crippen LogP contribution < -0.4 is 5.32 Å². The first-order chi connectivity index (χ1) is 6.28. The molecule has 2 rings (SSSR count). The van der Waals surface area contributed by atoms with Gasteiger partial charge in [-0.1, -0.05) is 6.92 Å². The zero-order valence-corrected chi connectivity index (χ0v) is 8.33. The lowest BCUT2D eigenvalue weighted by Gasteiger charge is -2.41. The normalized spacial score (nSPS) is 44.1. The second kappa shape index (κ2) is 3.69. The summed E-state index contributed by atoms with van der Waals surface area (Å²) in [6, 6.07) is 0.480. The van der Waals surface area contributed by atoms with E-state index in [0.717, 1.165) is 24.2 Å². The molecular formula is C11H19NO. The highest BCUT2D eigenvalue weighted by Gasteiger charge is 2.34. The minimum atomic E-state index is 0.480. The first-order valence-electron chi connectivity index (χ1n) is 5.47. The summed E-state index contributed by atoms with van der Waals surface area (Å²) in [4.78, 5) is 10.3. The summed E-state index contributed by atoms with van der Waals surface area (Å²) < 4.78 is 0. The average Bonchev–Trinajstić information content (AvgIpc) is 2.01. The number of hydrogen-bond acceptors (Lipinski definition) is 1. The van der Waals surface area contributed by atoms with Crippen molar-refractivity contribution in [1.82, 2.24) is 5.32 Å². The van der Waals surface area contributed by atoms with Crippen molar-refractivity contribution in [2.24, 2.45) is 17.8 Å². The van der Waals surface area contributed by atoms with E-state index >= 15 is 0 Å². The Morgan fingerprint density at radius 3 is 2.23 bits per heavy atom. The first-order valence-corrected chi connectivity index (χ1v) is 5.47. The molecule has 2 heteroatoms. The molecule has 2 aliphatic carbocycles. The van der Waals surface area contributed by atoms with Crippen molar-refractivity contribution >= 4 is 6.41 Å². The van der Waals surface area contributed by atoms with Crippen LogP contribution in [0.25, 0.3) is 0 Å². The number of nitrogens with one attached hydrogen (secondary N) is 1. The number of carbonyl (C=O) groups excluding carboxylic acids is 1. The van der Waals surface area contributed by atoms with Crippen LogP contribution in [0.1, 0.15) is 39.0 Å². The number of rotatable bonds is 2. The van der Waals surface area contributed by atoms with Gasteiger partial charge in [0.2, 0.25) is 6.41 Å². The van der Waals surface area contributed by atoms with Crippen molar-refractivity contribution in [3.8, 4) is 0 Å². The highest BCUT2D eigenvalue weighted by Crippen LogP contribution is 2.42. The van der Waals surface area contributed by atoms with Gasteiger partial charge in [-0.15, -0.1) is 0 Å². The molecule has 0 spiro atoms. The maximum absolute atomic E-state index is 10.3. The largest absolute Gasteiger partial charge is 0.356 e. The van der Waals surface area contributed by atoms with Gasteiger partial charge in [0, 0.05) is 6.04 Å². The maximum Gasteiger partial charge on any atom is 0.207 e. The third-order valence-electron chi connectivity index (χ3n) is 3.68. The lowest BCUT2D eigenvalue weighted by molar-refractivity contribution is -0.110. The Kier molecular flexibility index (Phi) is 2.56. The summed E-state index contributed by atoms with van der Waals surface area (Å²) in [5, 5.41) is 2.95. The zero-order valence-electron chi connectivity index (χ0n) is 8.33. The van der Waals surface area contributed by atoms with E-state index in [1.54, 1.807) is 0 Å². The Balaban J connectivity index is 1.93. The van der Waals surface area contributed by atoms with Gasteiger partial charge in [-0.3, -0.25) is 4.79 Å². The monoisotopic (exact) mass is 181 g/mol. The average molecular weight is 181 g/mol. The van der Waals surface area contributed by atoms with Crippen LogP contribution in [0.15, 0.2) is 0 Å². The lowest BCUT2D eigenvalue weighted by Crippen LogP contribution is -2.40. The van der Waals surface area contributed by atoms with Crippen molar-refractivity contribution in [2.45, 2.75) is 45.1 Å². The van der Waals surface area contributed by atoms with Crippen LogP contribution >= 0.6 is 0 Å². The van der Waals surface area contributed by atoms with Crippen LogP contribution in [0, 0.1) is 17.8 Å². The third kappa shape index (κ3) is 2.04. The summed E-state index contributed by atoms with van der Waals surface area (Å²) in [5.74, 6) is 2.70. The fraction of sp³-hybridized carbons (Fsp3) is 0.909. The predicted molar refractivity (Wildman–Crippen MR) is 52.2 cm³/mol. The van der Waals surface area contributed by atoms with E-state index in [1.807, 2.05) is 0 Å². The molecule has 2 fully saturated rings. The molecule has 2 aliphatic rings. The van der Waals surface area contributed by atoms with E-state index in [1.165, 1.54) is 32.1 Å². The molecule has 74 valence electrons. The topological polar surface area (TPSA) is 29.1 Å². The molecule has 1 amide bonds. The minimum Gasteiger partial charge on any atom is -0.356 e. The molecule has 0 aliphatic heterocycles. The molecule has 1 N–H and O–H groups in total. The molecule has 0 aromatic heterocycles. The third-order valence-corrected chi connectivity index (χ3v) is 3.68. The van der Waals surface area contributed by atoms with Gasteiger partial charge in [0.05, 0.1) is 0 Å². The van der Waals surface area contributed by atoms with Crippen molar-refractivity contribution in [3.63, 3.8) is 0 Å². The van der Waals surface area contributed by atoms with E-state index in [9.17, 15) is 4.79 Å². The van der Waals surface area contributed by atoms with E-state index < -0.39 is 0 Å². The van der Waals surface area contributed by atoms with Crippen LogP contribution in [0.4, 0.5) is 0 Å². The molecule has 2 unspecified atom stereocenters. The van der Waals surface area contributed by atoms with Crippen molar-refractivity contribution < 1.29 is 4.79 Å². The van der Waals surface area contributed by atoms with E-state index in [-0.39, 0.29) is 0 Å². The number of hydrogen-bond donors (Lipinski definition) is 1. The van der Waals surface area contributed by atoms with Gasteiger partial charge in [0.25, 0.3) is 0 Å². The molecule has 0 saturated heterocycles. The minimum absolute atomic E-state index is 0.480. The van der Waals surface area contributed by atoms with Gasteiger partial charge in [0.1, 0.15) is 0 Å². The van der Waals surface area contributed by atoms with Gasteiger partial charge in [-0.05, 0) is 49.9 Å². The van der Waals surface area contributed by atoms with Gasteiger partial charge >= 0.3 is 0 Å². The Labute approximate surface area is 80.1 Å².